The zero-order valence-corrected chi connectivity index (χ0v) is 16.4. The van der Waals surface area contributed by atoms with E-state index in [4.69, 9.17) is 0 Å². The molecule has 3 nitrogen and oxygen atoms in total. The fraction of sp³-hybridized carbons (Fsp3) is 0.304. The normalized spacial score (nSPS) is 27.1. The summed E-state index contributed by atoms with van der Waals surface area (Å²) in [4.78, 5) is 0.570. The van der Waals surface area contributed by atoms with Crippen LogP contribution in [0.1, 0.15) is 31.4 Å². The molecule has 4 heteroatoms. The van der Waals surface area contributed by atoms with Crippen molar-refractivity contribution in [2.75, 3.05) is 4.31 Å². The van der Waals surface area contributed by atoms with Crippen molar-refractivity contribution in [3.05, 3.63) is 82.8 Å². The fourth-order valence-electron chi connectivity index (χ4n) is 4.94. The van der Waals surface area contributed by atoms with E-state index < -0.39 is 10.0 Å². The van der Waals surface area contributed by atoms with Crippen LogP contribution in [0.3, 0.4) is 0 Å². The Morgan fingerprint density at radius 2 is 1.70 bits per heavy atom. The van der Waals surface area contributed by atoms with E-state index in [9.17, 15) is 8.42 Å². The van der Waals surface area contributed by atoms with Gasteiger partial charge in [-0.3, -0.25) is 4.31 Å². The molecule has 2 aromatic rings. The van der Waals surface area contributed by atoms with Gasteiger partial charge in [-0.25, -0.2) is 8.42 Å². The van der Waals surface area contributed by atoms with Crippen LogP contribution in [0.2, 0.25) is 0 Å². The summed E-state index contributed by atoms with van der Waals surface area (Å²) < 4.78 is 28.8. The molecular formula is C23H23NO2S. The van der Waals surface area contributed by atoms with Crippen molar-refractivity contribution in [3.63, 3.8) is 0 Å². The number of allylic oxidation sites excluding steroid dienone is 4. The summed E-state index contributed by atoms with van der Waals surface area (Å²) in [5, 5.41) is 0. The van der Waals surface area contributed by atoms with Gasteiger partial charge in [0.2, 0.25) is 0 Å². The van der Waals surface area contributed by atoms with E-state index in [0.29, 0.717) is 11.3 Å². The molecule has 0 saturated carbocycles. The van der Waals surface area contributed by atoms with Crippen LogP contribution < -0.4 is 4.31 Å². The lowest BCUT2D eigenvalue weighted by molar-refractivity contribution is 0.229. The smallest absolute Gasteiger partial charge is 0.261 e. The third kappa shape index (κ3) is 2.29. The summed E-state index contributed by atoms with van der Waals surface area (Å²) in [5.74, 6) is -0.0954. The highest BCUT2D eigenvalue weighted by Crippen LogP contribution is 2.55. The molecule has 27 heavy (non-hydrogen) atoms. The first-order chi connectivity index (χ1) is 12.9. The van der Waals surface area contributed by atoms with E-state index in [-0.39, 0.29) is 17.4 Å². The predicted molar refractivity (Wildman–Crippen MR) is 110 cm³/mol. The van der Waals surface area contributed by atoms with Crippen molar-refractivity contribution in [2.45, 2.75) is 32.7 Å². The Morgan fingerprint density at radius 1 is 1.00 bits per heavy atom. The predicted octanol–water partition coefficient (Wildman–Crippen LogP) is 4.77. The Balaban J connectivity index is 1.65. The van der Waals surface area contributed by atoms with Crippen LogP contribution in [-0.4, -0.2) is 14.5 Å². The maximum Gasteiger partial charge on any atom is 0.261 e. The summed E-state index contributed by atoms with van der Waals surface area (Å²) in [7, 11) is -3.50. The molecule has 0 radical (unpaired) electrons. The van der Waals surface area contributed by atoms with Gasteiger partial charge in [0, 0.05) is 5.92 Å². The van der Waals surface area contributed by atoms with Crippen molar-refractivity contribution >= 4 is 21.3 Å². The largest absolute Gasteiger partial charge is 0.262 e. The third-order valence-corrected chi connectivity index (χ3v) is 8.47. The number of fused-ring (bicyclic) bond motifs is 4. The van der Waals surface area contributed by atoms with Crippen molar-refractivity contribution in [3.8, 4) is 0 Å². The Morgan fingerprint density at radius 3 is 2.48 bits per heavy atom. The Bertz CT molecular complexity index is 1080. The third-order valence-electron chi connectivity index (χ3n) is 6.48. The number of para-hydroxylation sites is 1. The summed E-state index contributed by atoms with van der Waals surface area (Å²) in [6, 6.07) is 18.2. The lowest BCUT2D eigenvalue weighted by atomic mass is 9.69. The van der Waals surface area contributed by atoms with E-state index in [2.05, 4.69) is 38.1 Å². The highest BCUT2D eigenvalue weighted by molar-refractivity contribution is 7.96. The molecular weight excluding hydrogens is 354 g/mol. The van der Waals surface area contributed by atoms with Gasteiger partial charge in [0.1, 0.15) is 0 Å². The quantitative estimate of drug-likeness (QED) is 0.717. The van der Waals surface area contributed by atoms with Crippen molar-refractivity contribution < 1.29 is 8.42 Å². The van der Waals surface area contributed by atoms with E-state index in [1.54, 1.807) is 4.31 Å². The number of nitrogens with zero attached hydrogens (tertiary/aromatic N) is 1. The van der Waals surface area contributed by atoms with Crippen LogP contribution >= 0.6 is 0 Å². The second-order valence-corrected chi connectivity index (χ2v) is 10.1. The molecule has 3 aliphatic rings. The van der Waals surface area contributed by atoms with Crippen molar-refractivity contribution in [1.82, 2.24) is 0 Å². The zero-order chi connectivity index (χ0) is 18.8. The number of sulfonamides is 1. The molecule has 0 N–H and O–H groups in total. The van der Waals surface area contributed by atoms with Crippen molar-refractivity contribution in [1.29, 1.82) is 0 Å². The molecule has 0 aromatic heterocycles. The van der Waals surface area contributed by atoms with Gasteiger partial charge in [-0.2, -0.15) is 0 Å². The second-order valence-electron chi connectivity index (χ2n) is 8.32. The van der Waals surface area contributed by atoms with Crippen LogP contribution in [0, 0.1) is 11.3 Å². The summed E-state index contributed by atoms with van der Waals surface area (Å²) >= 11 is 0. The number of hydrogen-bond donors (Lipinski definition) is 0. The molecule has 1 saturated heterocycles. The van der Waals surface area contributed by atoms with Crippen LogP contribution in [0.4, 0.5) is 5.69 Å². The Labute approximate surface area is 161 Å². The van der Waals surface area contributed by atoms with Gasteiger partial charge in [-0.15, -0.1) is 0 Å². The first-order valence-corrected chi connectivity index (χ1v) is 10.9. The summed E-state index contributed by atoms with van der Waals surface area (Å²) in [6.45, 7) is 4.43. The maximum absolute atomic E-state index is 13.6. The number of benzene rings is 2. The van der Waals surface area contributed by atoms with E-state index >= 15 is 0 Å². The van der Waals surface area contributed by atoms with Crippen LogP contribution in [0.5, 0.6) is 0 Å². The highest BCUT2D eigenvalue weighted by atomic mass is 32.2. The minimum atomic E-state index is -3.50. The first-order valence-electron chi connectivity index (χ1n) is 9.49. The molecule has 2 heterocycles. The summed E-state index contributed by atoms with van der Waals surface area (Å²) in [6.07, 6.45) is 5.59. The van der Waals surface area contributed by atoms with E-state index in [1.807, 2.05) is 42.5 Å². The van der Waals surface area contributed by atoms with Gasteiger partial charge in [0.05, 0.1) is 16.6 Å². The van der Waals surface area contributed by atoms with E-state index in [1.165, 1.54) is 11.1 Å². The lowest BCUT2D eigenvalue weighted by Crippen LogP contribution is -2.56. The molecule has 138 valence electrons. The Hall–Kier alpha value is -2.33. The molecule has 1 fully saturated rings. The monoisotopic (exact) mass is 377 g/mol. The van der Waals surface area contributed by atoms with Crippen LogP contribution in [0.25, 0.3) is 5.57 Å². The SMILES string of the molecule is CC1(C)[C@@H]2C=C(c3ccccc3)CC=C2S(=O)(=O)N2c3ccccc3C[C@@H]21. The van der Waals surface area contributed by atoms with Crippen LogP contribution in [-0.2, 0) is 16.4 Å². The fourth-order valence-corrected chi connectivity index (χ4v) is 7.28. The lowest BCUT2D eigenvalue weighted by Gasteiger charge is -2.49. The molecule has 2 aliphatic heterocycles. The van der Waals surface area contributed by atoms with Gasteiger partial charge < -0.3 is 0 Å². The molecule has 0 unspecified atom stereocenters. The molecule has 2 aromatic carbocycles. The molecule has 0 bridgehead atoms. The molecule has 2 atom stereocenters. The van der Waals surface area contributed by atoms with Crippen molar-refractivity contribution in [2.24, 2.45) is 11.3 Å². The minimum Gasteiger partial charge on any atom is -0.262 e. The zero-order valence-electron chi connectivity index (χ0n) is 15.6. The Kier molecular flexibility index (Phi) is 3.48. The molecule has 1 aliphatic carbocycles. The van der Waals surface area contributed by atoms with Crippen LogP contribution in [0.15, 0.2) is 71.7 Å². The average Bonchev–Trinajstić information content (AvgIpc) is 3.09. The minimum absolute atomic E-state index is 0.0478. The first kappa shape index (κ1) is 16.8. The average molecular weight is 378 g/mol. The molecule has 5 rings (SSSR count). The van der Waals surface area contributed by atoms with Gasteiger partial charge in [0.25, 0.3) is 10.0 Å². The number of rotatable bonds is 1. The van der Waals surface area contributed by atoms with Gasteiger partial charge in [-0.1, -0.05) is 74.5 Å². The maximum atomic E-state index is 13.6. The van der Waals surface area contributed by atoms with E-state index in [0.717, 1.165) is 17.7 Å². The van der Waals surface area contributed by atoms with Gasteiger partial charge >= 0.3 is 0 Å². The highest BCUT2D eigenvalue weighted by Gasteiger charge is 2.56. The number of hydrogen-bond acceptors (Lipinski definition) is 2. The standard InChI is InChI=1S/C23H23NO2S/c1-23(2)19-14-17(16-8-4-3-5-9-16)12-13-21(19)27(25,26)24-20-11-7-6-10-18(20)15-22(23)24/h3-11,13-14,19,22H,12,15H2,1-2H3/t19-,22-/m1/s1. The molecule has 0 amide bonds. The molecule has 0 spiro atoms. The number of anilines is 1. The van der Waals surface area contributed by atoms with Gasteiger partial charge in [-0.05, 0) is 41.0 Å². The van der Waals surface area contributed by atoms with Gasteiger partial charge in [0.15, 0.2) is 0 Å². The second kappa shape index (κ2) is 5.59. The summed E-state index contributed by atoms with van der Waals surface area (Å²) in [5.41, 5.74) is 4.20. The topological polar surface area (TPSA) is 37.4 Å².